The fourth-order valence-electron chi connectivity index (χ4n) is 2.38. The summed E-state index contributed by atoms with van der Waals surface area (Å²) >= 11 is 0. The summed E-state index contributed by atoms with van der Waals surface area (Å²) in [6.45, 7) is 4.09. The number of nitrogens with one attached hydrogen (secondary N) is 1. The van der Waals surface area contributed by atoms with Crippen LogP contribution in [0.1, 0.15) is 25.5 Å². The molecular weight excluding hydrogens is 258 g/mol. The van der Waals surface area contributed by atoms with E-state index in [9.17, 15) is 4.79 Å². The Bertz CT molecular complexity index is 528. The number of hydrogen-bond acceptors (Lipinski definition) is 4. The van der Waals surface area contributed by atoms with Crippen LogP contribution in [0.25, 0.3) is 0 Å². The Balaban J connectivity index is 2.12. The van der Waals surface area contributed by atoms with Crippen molar-refractivity contribution < 1.29 is 14.7 Å². The van der Waals surface area contributed by atoms with E-state index in [1.807, 2.05) is 38.1 Å². The maximum atomic E-state index is 12.3. The number of rotatable bonds is 4. The number of carbonyl (C=O) groups excluding carboxylic acids is 1. The molecule has 2 unspecified atom stereocenters. The average molecular weight is 277 g/mol. The molecule has 0 bridgehead atoms. The molecule has 1 heterocycles. The molecule has 1 aromatic carbocycles. The Morgan fingerprint density at radius 1 is 1.50 bits per heavy atom. The van der Waals surface area contributed by atoms with E-state index >= 15 is 0 Å². The van der Waals surface area contributed by atoms with Crippen molar-refractivity contribution in [2.45, 2.75) is 19.9 Å². The zero-order valence-electron chi connectivity index (χ0n) is 11.5. The number of amides is 1. The van der Waals surface area contributed by atoms with Crippen LogP contribution < -0.4 is 15.8 Å². The maximum absolute atomic E-state index is 12.3. The average Bonchev–Trinajstić information content (AvgIpc) is 2.82. The van der Waals surface area contributed by atoms with E-state index in [2.05, 4.69) is 10.5 Å². The Labute approximate surface area is 117 Å². The lowest BCUT2D eigenvalue weighted by molar-refractivity contribution is -0.125. The van der Waals surface area contributed by atoms with Crippen molar-refractivity contribution in [3.63, 3.8) is 0 Å². The second-order valence-corrected chi connectivity index (χ2v) is 5.16. The van der Waals surface area contributed by atoms with Gasteiger partial charge in [0.05, 0.1) is 6.04 Å². The molecule has 0 aliphatic carbocycles. The summed E-state index contributed by atoms with van der Waals surface area (Å²) in [5, 5.41) is 14.6. The fourth-order valence-corrected chi connectivity index (χ4v) is 2.38. The highest BCUT2D eigenvalue weighted by atomic mass is 16.5. The highest BCUT2D eigenvalue weighted by Crippen LogP contribution is 2.32. The summed E-state index contributed by atoms with van der Waals surface area (Å²) in [5.74, 6) is -0.288. The third-order valence-corrected chi connectivity index (χ3v) is 3.40. The molecule has 2 rings (SSSR count). The molecule has 1 aliphatic heterocycles. The Morgan fingerprint density at radius 2 is 2.20 bits per heavy atom. The third kappa shape index (κ3) is 2.68. The van der Waals surface area contributed by atoms with Crippen molar-refractivity contribution in [2.24, 2.45) is 22.7 Å². The lowest BCUT2D eigenvalue weighted by atomic mass is 9.93. The highest BCUT2D eigenvalue weighted by molar-refractivity contribution is 6.02. The minimum absolute atomic E-state index is 0.0662. The number of nitrogens with two attached hydrogens (primary N) is 1. The van der Waals surface area contributed by atoms with Gasteiger partial charge in [0, 0.05) is 5.56 Å². The van der Waals surface area contributed by atoms with E-state index in [4.69, 9.17) is 15.7 Å². The maximum Gasteiger partial charge on any atom is 0.231 e. The van der Waals surface area contributed by atoms with E-state index in [-0.39, 0.29) is 23.7 Å². The minimum atomic E-state index is -0.659. The van der Waals surface area contributed by atoms with Gasteiger partial charge in [0.1, 0.15) is 18.3 Å². The first-order valence-electron chi connectivity index (χ1n) is 6.54. The van der Waals surface area contributed by atoms with Crippen molar-refractivity contribution in [3.05, 3.63) is 29.8 Å². The number of fused-ring (bicyclic) bond motifs is 1. The molecule has 108 valence electrons. The van der Waals surface area contributed by atoms with Gasteiger partial charge in [-0.3, -0.25) is 4.79 Å². The molecule has 4 N–H and O–H groups in total. The van der Waals surface area contributed by atoms with Crippen LogP contribution in [0.15, 0.2) is 29.4 Å². The molecule has 1 aromatic rings. The summed E-state index contributed by atoms with van der Waals surface area (Å²) in [5.41, 5.74) is 6.54. The Kier molecular flexibility index (Phi) is 4.12. The third-order valence-electron chi connectivity index (χ3n) is 3.40. The molecule has 1 amide bonds. The molecule has 0 saturated heterocycles. The summed E-state index contributed by atoms with van der Waals surface area (Å²) in [7, 11) is 0. The van der Waals surface area contributed by atoms with Gasteiger partial charge >= 0.3 is 0 Å². The summed E-state index contributed by atoms with van der Waals surface area (Å²) in [4.78, 5) is 12.3. The highest BCUT2D eigenvalue weighted by Gasteiger charge is 2.31. The molecule has 6 nitrogen and oxygen atoms in total. The summed E-state index contributed by atoms with van der Waals surface area (Å²) in [6, 6.07) is 7.37. The van der Waals surface area contributed by atoms with E-state index in [0.29, 0.717) is 6.61 Å². The lowest BCUT2D eigenvalue weighted by Crippen LogP contribution is -2.43. The first-order chi connectivity index (χ1) is 9.54. The standard InChI is InChI=1S/C14H19N3O3/c1-8(2)12(13(15)17-19)14(18)16-10-7-20-11-6-4-3-5-9(10)11/h3-6,8,10,12,19H,7H2,1-2H3,(H2,15,17)(H,16,18). The first kappa shape index (κ1) is 14.2. The van der Waals surface area contributed by atoms with E-state index in [1.165, 1.54) is 0 Å². The van der Waals surface area contributed by atoms with Crippen molar-refractivity contribution in [3.8, 4) is 5.75 Å². The monoisotopic (exact) mass is 277 g/mol. The van der Waals surface area contributed by atoms with Crippen molar-refractivity contribution in [1.29, 1.82) is 0 Å². The van der Waals surface area contributed by atoms with Gasteiger partial charge in [0.2, 0.25) is 5.91 Å². The van der Waals surface area contributed by atoms with Crippen LogP contribution >= 0.6 is 0 Å². The lowest BCUT2D eigenvalue weighted by Gasteiger charge is -2.21. The molecule has 1 aliphatic rings. The predicted octanol–water partition coefficient (Wildman–Crippen LogP) is 1.25. The van der Waals surface area contributed by atoms with E-state index < -0.39 is 5.92 Å². The zero-order chi connectivity index (χ0) is 14.7. The minimum Gasteiger partial charge on any atom is -0.491 e. The van der Waals surface area contributed by atoms with E-state index in [0.717, 1.165) is 11.3 Å². The second-order valence-electron chi connectivity index (χ2n) is 5.16. The van der Waals surface area contributed by atoms with Gasteiger partial charge < -0.3 is 21.0 Å². The topological polar surface area (TPSA) is 96.9 Å². The molecule has 0 spiro atoms. The predicted molar refractivity (Wildman–Crippen MR) is 74.6 cm³/mol. The number of nitrogens with zero attached hydrogens (tertiary/aromatic N) is 1. The van der Waals surface area contributed by atoms with Gasteiger partial charge in [-0.2, -0.15) is 0 Å². The number of carbonyl (C=O) groups is 1. The molecule has 0 radical (unpaired) electrons. The van der Waals surface area contributed by atoms with Crippen LogP contribution in [0.3, 0.4) is 0 Å². The quantitative estimate of drug-likeness (QED) is 0.334. The van der Waals surface area contributed by atoms with Gasteiger partial charge in [-0.1, -0.05) is 37.2 Å². The molecule has 2 atom stereocenters. The number of ether oxygens (including phenoxy) is 1. The van der Waals surface area contributed by atoms with Crippen LogP contribution in [-0.4, -0.2) is 23.6 Å². The molecule has 0 saturated carbocycles. The van der Waals surface area contributed by atoms with Crippen molar-refractivity contribution >= 4 is 11.7 Å². The molecule has 0 fully saturated rings. The number of benzene rings is 1. The van der Waals surface area contributed by atoms with Crippen LogP contribution in [0.5, 0.6) is 5.75 Å². The number of hydrogen-bond donors (Lipinski definition) is 3. The largest absolute Gasteiger partial charge is 0.491 e. The number of para-hydroxylation sites is 1. The molecular formula is C14H19N3O3. The number of oxime groups is 1. The smallest absolute Gasteiger partial charge is 0.231 e. The van der Waals surface area contributed by atoms with Gasteiger partial charge in [0.25, 0.3) is 0 Å². The SMILES string of the molecule is CC(C)C(C(=O)NC1COc2ccccc21)C(N)=NO. The normalized spacial score (nSPS) is 19.4. The van der Waals surface area contributed by atoms with E-state index in [1.54, 1.807) is 0 Å². The molecule has 20 heavy (non-hydrogen) atoms. The second kappa shape index (κ2) is 5.81. The first-order valence-corrected chi connectivity index (χ1v) is 6.54. The summed E-state index contributed by atoms with van der Waals surface area (Å²) in [6.07, 6.45) is 0. The summed E-state index contributed by atoms with van der Waals surface area (Å²) < 4.78 is 5.51. The van der Waals surface area contributed by atoms with Crippen LogP contribution in [-0.2, 0) is 4.79 Å². The van der Waals surface area contributed by atoms with Gasteiger partial charge in [-0.15, -0.1) is 0 Å². The molecule has 0 aromatic heterocycles. The van der Waals surface area contributed by atoms with Crippen LogP contribution in [0.2, 0.25) is 0 Å². The zero-order valence-corrected chi connectivity index (χ0v) is 11.5. The van der Waals surface area contributed by atoms with Gasteiger partial charge in [-0.25, -0.2) is 0 Å². The Hall–Kier alpha value is -2.24. The fraction of sp³-hybridized carbons (Fsp3) is 0.429. The number of amidine groups is 1. The van der Waals surface area contributed by atoms with Crippen LogP contribution in [0, 0.1) is 11.8 Å². The van der Waals surface area contributed by atoms with Gasteiger partial charge in [0.15, 0.2) is 5.84 Å². The Morgan fingerprint density at radius 3 is 2.85 bits per heavy atom. The van der Waals surface area contributed by atoms with Gasteiger partial charge in [-0.05, 0) is 12.0 Å². The van der Waals surface area contributed by atoms with Crippen molar-refractivity contribution in [1.82, 2.24) is 5.32 Å². The molecule has 6 heteroatoms. The van der Waals surface area contributed by atoms with Crippen molar-refractivity contribution in [2.75, 3.05) is 6.61 Å². The van der Waals surface area contributed by atoms with Crippen LogP contribution in [0.4, 0.5) is 0 Å².